The Bertz CT molecular complexity index is 1010. The highest BCUT2D eigenvalue weighted by atomic mass is 16.5. The van der Waals surface area contributed by atoms with Crippen LogP contribution in [0.25, 0.3) is 0 Å². The van der Waals surface area contributed by atoms with Crippen molar-refractivity contribution >= 4 is 29.3 Å². The van der Waals surface area contributed by atoms with Gasteiger partial charge in [-0.3, -0.25) is 14.5 Å². The van der Waals surface area contributed by atoms with Crippen molar-refractivity contribution in [3.05, 3.63) is 53.6 Å². The van der Waals surface area contributed by atoms with Crippen molar-refractivity contribution in [3.63, 3.8) is 0 Å². The summed E-state index contributed by atoms with van der Waals surface area (Å²) in [4.78, 5) is 37.5. The Hall–Kier alpha value is -3.59. The van der Waals surface area contributed by atoms with E-state index in [0.717, 1.165) is 29.8 Å². The van der Waals surface area contributed by atoms with Crippen LogP contribution in [0.3, 0.4) is 0 Å². The summed E-state index contributed by atoms with van der Waals surface area (Å²) < 4.78 is 5.40. The maximum atomic E-state index is 12.4. The first-order valence-corrected chi connectivity index (χ1v) is 10.9. The summed E-state index contributed by atoms with van der Waals surface area (Å²) in [5.74, 6) is -0.243. The number of hydrogen-bond acceptors (Lipinski definition) is 5. The number of nitrogens with zero attached hydrogens (tertiary/aromatic N) is 1. The average Bonchev–Trinajstić information content (AvgIpc) is 3.21. The lowest BCUT2D eigenvalue weighted by molar-refractivity contribution is -0.138. The smallest absolute Gasteiger partial charge is 0.323 e. The summed E-state index contributed by atoms with van der Waals surface area (Å²) in [6.07, 6.45) is 1.05. The Kier molecular flexibility index (Phi) is 8.26. The number of rotatable bonds is 9. The molecule has 1 aliphatic heterocycles. The van der Waals surface area contributed by atoms with Gasteiger partial charge in [-0.1, -0.05) is 24.3 Å². The van der Waals surface area contributed by atoms with E-state index in [0.29, 0.717) is 24.5 Å². The lowest BCUT2D eigenvalue weighted by Gasteiger charge is -2.15. The Morgan fingerprint density at radius 2 is 1.88 bits per heavy atom. The molecule has 4 N–H and O–H groups in total. The quantitative estimate of drug-likeness (QED) is 0.463. The van der Waals surface area contributed by atoms with E-state index in [1.54, 1.807) is 18.2 Å². The number of carbonyl (C=O) groups is 3. The van der Waals surface area contributed by atoms with Gasteiger partial charge < -0.3 is 25.8 Å². The fraction of sp³-hybridized carbons (Fsp3) is 0.375. The number of aryl methyl sites for hydroxylation is 1. The first kappa shape index (κ1) is 24.1. The monoisotopic (exact) mass is 454 g/mol. The topological polar surface area (TPSA) is 120 Å². The van der Waals surface area contributed by atoms with Gasteiger partial charge >= 0.3 is 12.0 Å². The fourth-order valence-electron chi connectivity index (χ4n) is 3.86. The lowest BCUT2D eigenvalue weighted by Crippen LogP contribution is -2.33. The van der Waals surface area contributed by atoms with Crippen molar-refractivity contribution in [2.75, 3.05) is 43.9 Å². The summed E-state index contributed by atoms with van der Waals surface area (Å²) >= 11 is 0. The third-order valence-electron chi connectivity index (χ3n) is 5.59. The molecule has 2 aromatic carbocycles. The van der Waals surface area contributed by atoms with Gasteiger partial charge in [-0.05, 0) is 55.1 Å². The predicted molar refractivity (Wildman–Crippen MR) is 126 cm³/mol. The van der Waals surface area contributed by atoms with Crippen molar-refractivity contribution in [2.24, 2.45) is 5.92 Å². The number of anilines is 2. The zero-order valence-corrected chi connectivity index (χ0v) is 18.9. The number of urea groups is 1. The number of aliphatic carboxylic acids is 1. The molecular weight excluding hydrogens is 424 g/mol. The maximum Gasteiger partial charge on any atom is 0.323 e. The lowest BCUT2D eigenvalue weighted by atomic mass is 10.1. The molecule has 1 atom stereocenters. The van der Waals surface area contributed by atoms with E-state index >= 15 is 0 Å². The molecule has 33 heavy (non-hydrogen) atoms. The van der Waals surface area contributed by atoms with Gasteiger partial charge in [0.15, 0.2) is 0 Å². The molecule has 1 aliphatic rings. The van der Waals surface area contributed by atoms with Gasteiger partial charge in [-0.15, -0.1) is 0 Å². The first-order valence-electron chi connectivity index (χ1n) is 10.9. The number of carboxylic acid groups (broad SMARTS) is 1. The maximum absolute atomic E-state index is 12.4. The number of hydrogen-bond donors (Lipinski definition) is 4. The van der Waals surface area contributed by atoms with Gasteiger partial charge in [0, 0.05) is 18.8 Å². The Morgan fingerprint density at radius 3 is 2.61 bits per heavy atom. The molecule has 176 valence electrons. The summed E-state index contributed by atoms with van der Waals surface area (Å²) in [6, 6.07) is 12.3. The Labute approximate surface area is 193 Å². The van der Waals surface area contributed by atoms with Gasteiger partial charge in [0.1, 0.15) is 5.75 Å². The molecule has 0 radical (unpaired) electrons. The average molecular weight is 455 g/mol. The van der Waals surface area contributed by atoms with Crippen molar-refractivity contribution in [3.8, 4) is 5.75 Å². The van der Waals surface area contributed by atoms with Crippen LogP contribution in [0.2, 0.25) is 0 Å². The zero-order valence-electron chi connectivity index (χ0n) is 18.9. The minimum Gasteiger partial charge on any atom is -0.495 e. The molecular formula is C24H30N4O5. The highest BCUT2D eigenvalue weighted by Gasteiger charge is 2.24. The number of benzene rings is 2. The standard InChI is InChI=1S/C24H30N4O5/c1-16-5-3-4-6-19(16)26-24(32)27-20-8-7-17(11-21(20)33-2)12-22(29)25-13-18-9-10-28(14-18)15-23(30)31/h3-8,11,18H,9-10,12-15H2,1-2H3,(H,25,29)(H,30,31)(H2,26,27,32). The van der Waals surface area contributed by atoms with Gasteiger partial charge in [-0.25, -0.2) is 4.79 Å². The van der Waals surface area contributed by atoms with E-state index in [-0.39, 0.29) is 30.8 Å². The summed E-state index contributed by atoms with van der Waals surface area (Å²) in [5.41, 5.74) is 2.93. The molecule has 3 rings (SSSR count). The third-order valence-corrected chi connectivity index (χ3v) is 5.59. The van der Waals surface area contributed by atoms with Crippen LogP contribution < -0.4 is 20.7 Å². The van der Waals surface area contributed by atoms with Crippen LogP contribution >= 0.6 is 0 Å². The molecule has 1 heterocycles. The Balaban J connectivity index is 1.50. The molecule has 0 aliphatic carbocycles. The van der Waals surface area contributed by atoms with E-state index in [2.05, 4.69) is 16.0 Å². The molecule has 0 aromatic heterocycles. The highest BCUT2D eigenvalue weighted by molar-refractivity contribution is 6.01. The molecule has 1 unspecified atom stereocenters. The number of carboxylic acids is 1. The molecule has 1 fully saturated rings. The second kappa shape index (κ2) is 11.3. The Morgan fingerprint density at radius 1 is 1.12 bits per heavy atom. The van der Waals surface area contributed by atoms with Crippen molar-refractivity contribution < 1.29 is 24.2 Å². The number of methoxy groups -OCH3 is 1. The molecule has 2 aromatic rings. The number of carbonyl (C=O) groups excluding carboxylic acids is 2. The van der Waals surface area contributed by atoms with Crippen LogP contribution in [0.15, 0.2) is 42.5 Å². The molecule has 0 saturated carbocycles. The predicted octanol–water partition coefficient (Wildman–Crippen LogP) is 2.71. The molecule has 0 bridgehead atoms. The van der Waals surface area contributed by atoms with Crippen LogP contribution in [0.1, 0.15) is 17.5 Å². The number of ether oxygens (including phenoxy) is 1. The fourth-order valence-corrected chi connectivity index (χ4v) is 3.86. The third kappa shape index (κ3) is 7.21. The number of amides is 3. The second-order valence-electron chi connectivity index (χ2n) is 8.19. The van der Waals surface area contributed by atoms with Crippen molar-refractivity contribution in [2.45, 2.75) is 19.8 Å². The largest absolute Gasteiger partial charge is 0.495 e. The number of para-hydroxylation sites is 1. The zero-order chi connectivity index (χ0) is 23.8. The van der Waals surface area contributed by atoms with Gasteiger partial charge in [0.05, 0.1) is 25.8 Å². The number of likely N-dealkylation sites (tertiary alicyclic amines) is 1. The van der Waals surface area contributed by atoms with Crippen LogP contribution in [-0.2, 0) is 16.0 Å². The highest BCUT2D eigenvalue weighted by Crippen LogP contribution is 2.26. The minimum atomic E-state index is -0.834. The van der Waals surface area contributed by atoms with Crippen molar-refractivity contribution in [1.82, 2.24) is 10.2 Å². The first-order chi connectivity index (χ1) is 15.8. The summed E-state index contributed by atoms with van der Waals surface area (Å²) in [7, 11) is 1.51. The van der Waals surface area contributed by atoms with Crippen LogP contribution in [0.5, 0.6) is 5.75 Å². The van der Waals surface area contributed by atoms with E-state index in [1.807, 2.05) is 36.1 Å². The van der Waals surface area contributed by atoms with E-state index < -0.39 is 5.97 Å². The van der Waals surface area contributed by atoms with Gasteiger partial charge in [0.25, 0.3) is 0 Å². The minimum absolute atomic E-state index is 0.0353. The van der Waals surface area contributed by atoms with E-state index in [9.17, 15) is 14.4 Å². The van der Waals surface area contributed by atoms with Crippen molar-refractivity contribution in [1.29, 1.82) is 0 Å². The molecule has 9 heteroatoms. The van der Waals surface area contributed by atoms with Crippen LogP contribution in [0.4, 0.5) is 16.2 Å². The van der Waals surface area contributed by atoms with E-state index in [4.69, 9.17) is 9.84 Å². The normalized spacial score (nSPS) is 15.6. The summed E-state index contributed by atoms with van der Waals surface area (Å²) in [5, 5.41) is 17.4. The number of nitrogens with one attached hydrogen (secondary N) is 3. The van der Waals surface area contributed by atoms with Crippen LogP contribution in [0, 0.1) is 12.8 Å². The SMILES string of the molecule is COc1cc(CC(=O)NCC2CCN(CC(=O)O)C2)ccc1NC(=O)Nc1ccccc1C. The second-order valence-corrected chi connectivity index (χ2v) is 8.19. The van der Waals surface area contributed by atoms with Crippen LogP contribution in [-0.4, -0.2) is 61.2 Å². The molecule has 3 amide bonds. The van der Waals surface area contributed by atoms with Gasteiger partial charge in [-0.2, -0.15) is 0 Å². The molecule has 0 spiro atoms. The molecule has 9 nitrogen and oxygen atoms in total. The van der Waals surface area contributed by atoms with E-state index in [1.165, 1.54) is 7.11 Å². The summed E-state index contributed by atoms with van der Waals surface area (Å²) in [6.45, 7) is 3.87. The molecule has 1 saturated heterocycles. The van der Waals surface area contributed by atoms with Gasteiger partial charge in [0.2, 0.25) is 5.91 Å².